The Hall–Kier alpha value is -0.350. The molecule has 0 saturated heterocycles. The third kappa shape index (κ3) is 2.62. The highest BCUT2D eigenvalue weighted by molar-refractivity contribution is 9.10. The van der Waals surface area contributed by atoms with Crippen LogP contribution in [0.1, 0.15) is 56.7 Å². The number of aliphatic hydroxyl groups excluding tert-OH is 1. The first-order valence-corrected chi connectivity index (χ1v) is 8.31. The first-order chi connectivity index (χ1) is 9.16. The zero-order valence-corrected chi connectivity index (χ0v) is 13.1. The van der Waals surface area contributed by atoms with E-state index in [4.69, 9.17) is 0 Å². The Labute approximate surface area is 123 Å². The maximum atomic E-state index is 10.7. The molecule has 2 fully saturated rings. The summed E-state index contributed by atoms with van der Waals surface area (Å²) in [5.74, 6) is 2.20. The van der Waals surface area contributed by atoms with E-state index in [1.54, 1.807) is 6.20 Å². The molecule has 4 heteroatoms. The maximum absolute atomic E-state index is 10.7. The number of fused-ring (bicyclic) bond motifs is 1. The molecule has 0 bridgehead atoms. The van der Waals surface area contributed by atoms with E-state index in [0.717, 1.165) is 22.0 Å². The predicted octanol–water partition coefficient (Wildman–Crippen LogP) is 3.82. The summed E-state index contributed by atoms with van der Waals surface area (Å²) in [5.41, 5.74) is 0.944. The van der Waals surface area contributed by atoms with Crippen LogP contribution < -0.4 is 0 Å². The quantitative estimate of drug-likeness (QED) is 0.897. The minimum Gasteiger partial charge on any atom is -0.386 e. The molecule has 1 aromatic heterocycles. The smallest absolute Gasteiger partial charge is 0.0996 e. The molecule has 3 nitrogen and oxygen atoms in total. The van der Waals surface area contributed by atoms with Gasteiger partial charge >= 0.3 is 0 Å². The lowest BCUT2D eigenvalue weighted by molar-refractivity contribution is 0.0302. The van der Waals surface area contributed by atoms with Crippen LogP contribution in [0.25, 0.3) is 0 Å². The molecule has 1 aromatic rings. The monoisotopic (exact) mass is 326 g/mol. The summed E-state index contributed by atoms with van der Waals surface area (Å²) in [4.78, 5) is 0. The molecular formula is C15H23BrN2O. The average molecular weight is 327 g/mol. The fourth-order valence-corrected chi connectivity index (χ4v) is 4.76. The third-order valence-corrected chi connectivity index (χ3v) is 5.86. The summed E-state index contributed by atoms with van der Waals surface area (Å²) >= 11 is 3.51. The lowest BCUT2D eigenvalue weighted by atomic mass is 9.66. The number of aromatic nitrogens is 2. The topological polar surface area (TPSA) is 38.0 Å². The summed E-state index contributed by atoms with van der Waals surface area (Å²) in [7, 11) is 1.91. The Balaban J connectivity index is 1.72. The lowest BCUT2D eigenvalue weighted by Gasteiger charge is -2.40. The molecule has 2 aliphatic carbocycles. The van der Waals surface area contributed by atoms with Crippen LogP contribution in [-0.2, 0) is 7.05 Å². The van der Waals surface area contributed by atoms with Crippen molar-refractivity contribution in [2.45, 2.75) is 51.0 Å². The van der Waals surface area contributed by atoms with Gasteiger partial charge in [-0.3, -0.25) is 4.68 Å². The highest BCUT2D eigenvalue weighted by Gasteiger charge is 2.36. The largest absolute Gasteiger partial charge is 0.386 e. The van der Waals surface area contributed by atoms with E-state index in [0.29, 0.717) is 5.92 Å². The van der Waals surface area contributed by atoms with Crippen molar-refractivity contribution in [3.8, 4) is 0 Å². The minimum atomic E-state index is -0.371. The predicted molar refractivity (Wildman–Crippen MR) is 78.7 cm³/mol. The van der Waals surface area contributed by atoms with Crippen molar-refractivity contribution in [3.63, 3.8) is 0 Å². The van der Waals surface area contributed by atoms with Crippen molar-refractivity contribution in [2.75, 3.05) is 0 Å². The van der Waals surface area contributed by atoms with Gasteiger partial charge in [0.15, 0.2) is 0 Å². The van der Waals surface area contributed by atoms with Gasteiger partial charge in [0.2, 0.25) is 0 Å². The van der Waals surface area contributed by atoms with E-state index in [9.17, 15) is 5.11 Å². The zero-order valence-electron chi connectivity index (χ0n) is 11.6. The van der Waals surface area contributed by atoms with E-state index >= 15 is 0 Å². The number of hydrogen-bond donors (Lipinski definition) is 1. The Morgan fingerprint density at radius 1 is 1.26 bits per heavy atom. The Morgan fingerprint density at radius 3 is 2.68 bits per heavy atom. The van der Waals surface area contributed by atoms with Crippen LogP contribution in [0.2, 0.25) is 0 Å². The number of aliphatic hydroxyl groups is 1. The van der Waals surface area contributed by atoms with Crippen LogP contribution in [-0.4, -0.2) is 14.9 Å². The van der Waals surface area contributed by atoms with Gasteiger partial charge in [-0.15, -0.1) is 0 Å². The molecule has 0 radical (unpaired) electrons. The van der Waals surface area contributed by atoms with Gasteiger partial charge in [0, 0.05) is 7.05 Å². The summed E-state index contributed by atoms with van der Waals surface area (Å²) in [5, 5.41) is 14.9. The molecule has 2 aliphatic rings. The molecule has 4 unspecified atom stereocenters. The fraction of sp³-hybridized carbons (Fsp3) is 0.800. The number of nitrogens with zero attached hydrogens (tertiary/aromatic N) is 2. The Bertz CT molecular complexity index is 426. The van der Waals surface area contributed by atoms with Crippen molar-refractivity contribution < 1.29 is 5.11 Å². The first-order valence-electron chi connectivity index (χ1n) is 7.52. The van der Waals surface area contributed by atoms with Crippen LogP contribution in [0.15, 0.2) is 10.7 Å². The van der Waals surface area contributed by atoms with Crippen LogP contribution in [0.5, 0.6) is 0 Å². The molecule has 19 heavy (non-hydrogen) atoms. The SMILES string of the molecule is Cn1ncc(Br)c1C(O)C1CCC2CCCCC2C1. The minimum absolute atomic E-state index is 0.371. The second kappa shape index (κ2) is 5.57. The van der Waals surface area contributed by atoms with Gasteiger partial charge in [-0.25, -0.2) is 0 Å². The molecular weight excluding hydrogens is 304 g/mol. The van der Waals surface area contributed by atoms with Gasteiger partial charge < -0.3 is 5.11 Å². The van der Waals surface area contributed by atoms with Crippen LogP contribution in [0, 0.1) is 17.8 Å². The van der Waals surface area contributed by atoms with Crippen molar-refractivity contribution in [3.05, 3.63) is 16.4 Å². The van der Waals surface area contributed by atoms with Crippen molar-refractivity contribution in [2.24, 2.45) is 24.8 Å². The number of hydrogen-bond acceptors (Lipinski definition) is 2. The lowest BCUT2D eigenvalue weighted by Crippen LogP contribution is -2.31. The number of rotatable bonds is 2. The second-order valence-corrected chi connectivity index (χ2v) is 7.18. The van der Waals surface area contributed by atoms with Crippen molar-refractivity contribution in [1.82, 2.24) is 9.78 Å². The first kappa shape index (κ1) is 13.6. The molecule has 0 aliphatic heterocycles. The van der Waals surface area contributed by atoms with E-state index in [1.165, 1.54) is 44.9 Å². The average Bonchev–Trinajstić information content (AvgIpc) is 2.77. The molecule has 106 valence electrons. The summed E-state index contributed by atoms with van der Waals surface area (Å²) in [6.45, 7) is 0. The Kier molecular flexibility index (Phi) is 3.99. The third-order valence-electron chi connectivity index (χ3n) is 5.24. The molecule has 1 N–H and O–H groups in total. The van der Waals surface area contributed by atoms with Gasteiger partial charge in [0.25, 0.3) is 0 Å². The Morgan fingerprint density at radius 2 is 2.00 bits per heavy atom. The van der Waals surface area contributed by atoms with Crippen LogP contribution >= 0.6 is 15.9 Å². The van der Waals surface area contributed by atoms with E-state index in [-0.39, 0.29) is 6.10 Å². The van der Waals surface area contributed by atoms with Crippen LogP contribution in [0.3, 0.4) is 0 Å². The van der Waals surface area contributed by atoms with Gasteiger partial charge in [0.1, 0.15) is 0 Å². The summed E-state index contributed by atoms with van der Waals surface area (Å²) in [6, 6.07) is 0. The number of aryl methyl sites for hydroxylation is 1. The number of halogens is 1. The summed E-state index contributed by atoms with van der Waals surface area (Å²) < 4.78 is 2.75. The molecule has 0 spiro atoms. The standard InChI is InChI=1S/C15H23BrN2O/c1-18-14(13(16)9-17-18)15(19)12-7-6-10-4-2-3-5-11(10)8-12/h9-12,15,19H,2-8H2,1H3. The van der Waals surface area contributed by atoms with E-state index < -0.39 is 0 Å². The zero-order chi connectivity index (χ0) is 13.4. The summed E-state index contributed by atoms with van der Waals surface area (Å²) in [6.07, 6.45) is 10.7. The highest BCUT2D eigenvalue weighted by atomic mass is 79.9. The van der Waals surface area contributed by atoms with Gasteiger partial charge in [-0.1, -0.05) is 25.7 Å². The van der Waals surface area contributed by atoms with E-state index in [1.807, 2.05) is 11.7 Å². The van der Waals surface area contributed by atoms with Crippen LogP contribution in [0.4, 0.5) is 0 Å². The normalized spacial score (nSPS) is 32.9. The van der Waals surface area contributed by atoms with Gasteiger partial charge in [-0.2, -0.15) is 5.10 Å². The highest BCUT2D eigenvalue weighted by Crippen LogP contribution is 2.46. The molecule has 0 aromatic carbocycles. The van der Waals surface area contributed by atoms with Gasteiger partial charge in [0.05, 0.1) is 22.5 Å². The second-order valence-electron chi connectivity index (χ2n) is 6.32. The van der Waals surface area contributed by atoms with E-state index in [2.05, 4.69) is 21.0 Å². The molecule has 4 atom stereocenters. The van der Waals surface area contributed by atoms with Gasteiger partial charge in [-0.05, 0) is 52.9 Å². The maximum Gasteiger partial charge on any atom is 0.0996 e. The molecule has 1 heterocycles. The molecule has 3 rings (SSSR count). The van der Waals surface area contributed by atoms with Crippen molar-refractivity contribution >= 4 is 15.9 Å². The van der Waals surface area contributed by atoms with Crippen molar-refractivity contribution in [1.29, 1.82) is 0 Å². The molecule has 0 amide bonds. The fourth-order valence-electron chi connectivity index (χ4n) is 4.17. The molecule has 2 saturated carbocycles.